The minimum atomic E-state index is 0.256. The highest BCUT2D eigenvalue weighted by molar-refractivity contribution is 6.35. The molecule has 1 aromatic rings. The van der Waals surface area contributed by atoms with E-state index in [0.717, 1.165) is 11.4 Å². The highest BCUT2D eigenvalue weighted by Crippen LogP contribution is 2.51. The molecule has 1 fully saturated rings. The first kappa shape index (κ1) is 10.3. The molecule has 1 saturated carbocycles. The van der Waals surface area contributed by atoms with E-state index in [-0.39, 0.29) is 6.04 Å². The van der Waals surface area contributed by atoms with Gasteiger partial charge >= 0.3 is 0 Å². The number of hydrogen-bond donors (Lipinski definition) is 1. The summed E-state index contributed by atoms with van der Waals surface area (Å²) < 4.78 is 0. The molecule has 0 radical (unpaired) electrons. The van der Waals surface area contributed by atoms with Crippen molar-refractivity contribution in [3.63, 3.8) is 0 Å². The summed E-state index contributed by atoms with van der Waals surface area (Å²) in [5.74, 6) is 1.13. The van der Waals surface area contributed by atoms with Crippen LogP contribution >= 0.6 is 23.2 Å². The van der Waals surface area contributed by atoms with E-state index >= 15 is 0 Å². The monoisotopic (exact) mass is 229 g/mol. The zero-order valence-electron chi connectivity index (χ0n) is 8.00. The third kappa shape index (κ3) is 1.90. The molecule has 1 aliphatic rings. The number of hydrogen-bond acceptors (Lipinski definition) is 1. The van der Waals surface area contributed by atoms with Gasteiger partial charge in [-0.2, -0.15) is 0 Å². The summed E-state index contributed by atoms with van der Waals surface area (Å²) in [7, 11) is 0. The number of benzene rings is 1. The topological polar surface area (TPSA) is 26.0 Å². The van der Waals surface area contributed by atoms with Crippen LogP contribution in [-0.2, 0) is 0 Å². The van der Waals surface area contributed by atoms with Gasteiger partial charge in [0.05, 0.1) is 0 Å². The van der Waals surface area contributed by atoms with Crippen molar-refractivity contribution in [1.82, 2.24) is 0 Å². The van der Waals surface area contributed by atoms with Crippen molar-refractivity contribution in [2.45, 2.75) is 25.3 Å². The molecule has 1 nitrogen and oxygen atoms in total. The fourth-order valence-corrected chi connectivity index (χ4v) is 2.50. The molecule has 14 heavy (non-hydrogen) atoms. The van der Waals surface area contributed by atoms with E-state index in [1.807, 2.05) is 12.1 Å². The van der Waals surface area contributed by atoms with Crippen LogP contribution in [-0.4, -0.2) is 6.04 Å². The summed E-state index contributed by atoms with van der Waals surface area (Å²) in [5, 5.41) is 1.46. The second-order valence-electron chi connectivity index (χ2n) is 4.03. The zero-order chi connectivity index (χ0) is 10.3. The van der Waals surface area contributed by atoms with Gasteiger partial charge in [0.15, 0.2) is 0 Å². The van der Waals surface area contributed by atoms with Crippen LogP contribution in [0.15, 0.2) is 18.2 Å². The Bertz CT molecular complexity index is 349. The fourth-order valence-electron chi connectivity index (χ4n) is 1.96. The second kappa shape index (κ2) is 3.73. The fraction of sp³-hybridized carbons (Fsp3) is 0.455. The summed E-state index contributed by atoms with van der Waals surface area (Å²) in [6, 6.07) is 5.96. The van der Waals surface area contributed by atoms with Crippen molar-refractivity contribution >= 4 is 23.2 Å². The maximum Gasteiger partial charge on any atom is 0.0455 e. The van der Waals surface area contributed by atoms with Gasteiger partial charge < -0.3 is 5.73 Å². The van der Waals surface area contributed by atoms with Crippen LogP contribution in [0, 0.1) is 5.92 Å². The average molecular weight is 230 g/mol. The molecule has 0 spiro atoms. The number of halogens is 2. The van der Waals surface area contributed by atoms with Crippen molar-refractivity contribution in [3.05, 3.63) is 33.8 Å². The van der Waals surface area contributed by atoms with E-state index in [9.17, 15) is 0 Å². The Morgan fingerprint density at radius 2 is 2.14 bits per heavy atom. The van der Waals surface area contributed by atoms with Gasteiger partial charge in [0, 0.05) is 16.1 Å². The first-order chi connectivity index (χ1) is 6.59. The Labute approximate surface area is 94.2 Å². The summed E-state index contributed by atoms with van der Waals surface area (Å²) >= 11 is 11.9. The SMILES string of the molecule is C[C@@H](N)[C@H]1C[C@@H]1c1ccc(Cl)cc1Cl. The third-order valence-corrected chi connectivity index (χ3v) is 3.44. The van der Waals surface area contributed by atoms with Crippen molar-refractivity contribution in [2.24, 2.45) is 11.7 Å². The predicted molar refractivity (Wildman–Crippen MR) is 61.0 cm³/mol. The lowest BCUT2D eigenvalue weighted by atomic mass is 10.1. The Hall–Kier alpha value is -0.240. The molecule has 0 bridgehead atoms. The van der Waals surface area contributed by atoms with Gasteiger partial charge in [0.2, 0.25) is 0 Å². The van der Waals surface area contributed by atoms with Gasteiger partial charge in [-0.25, -0.2) is 0 Å². The summed E-state index contributed by atoms with van der Waals surface area (Å²) in [5.41, 5.74) is 7.03. The molecule has 0 amide bonds. The van der Waals surface area contributed by atoms with Gasteiger partial charge in [0.1, 0.15) is 0 Å². The van der Waals surface area contributed by atoms with Crippen LogP contribution in [0.25, 0.3) is 0 Å². The second-order valence-corrected chi connectivity index (χ2v) is 4.87. The van der Waals surface area contributed by atoms with E-state index in [4.69, 9.17) is 28.9 Å². The van der Waals surface area contributed by atoms with Gasteiger partial charge in [-0.15, -0.1) is 0 Å². The quantitative estimate of drug-likeness (QED) is 0.827. The highest BCUT2D eigenvalue weighted by atomic mass is 35.5. The molecule has 0 aliphatic heterocycles. The summed E-state index contributed by atoms with van der Waals surface area (Å²) in [6.45, 7) is 2.05. The van der Waals surface area contributed by atoms with Crippen LogP contribution < -0.4 is 5.73 Å². The lowest BCUT2D eigenvalue weighted by Crippen LogP contribution is -2.17. The van der Waals surface area contributed by atoms with E-state index in [1.54, 1.807) is 6.07 Å². The van der Waals surface area contributed by atoms with E-state index in [1.165, 1.54) is 5.56 Å². The maximum atomic E-state index is 6.11. The average Bonchev–Trinajstić information content (AvgIpc) is 2.83. The molecule has 0 saturated heterocycles. The normalized spacial score (nSPS) is 27.4. The molecular formula is C11H13Cl2N. The van der Waals surface area contributed by atoms with E-state index in [0.29, 0.717) is 16.9 Å². The van der Waals surface area contributed by atoms with E-state index in [2.05, 4.69) is 6.92 Å². The van der Waals surface area contributed by atoms with Crippen molar-refractivity contribution in [1.29, 1.82) is 0 Å². The summed E-state index contributed by atoms with van der Waals surface area (Å²) in [4.78, 5) is 0. The van der Waals surface area contributed by atoms with Crippen LogP contribution in [0.2, 0.25) is 10.0 Å². The van der Waals surface area contributed by atoms with Crippen molar-refractivity contribution in [2.75, 3.05) is 0 Å². The molecule has 0 aromatic heterocycles. The van der Waals surface area contributed by atoms with Crippen LogP contribution in [0.5, 0.6) is 0 Å². The Morgan fingerprint density at radius 1 is 1.43 bits per heavy atom. The van der Waals surface area contributed by atoms with E-state index < -0.39 is 0 Å². The van der Waals surface area contributed by atoms with Crippen molar-refractivity contribution < 1.29 is 0 Å². The van der Waals surface area contributed by atoms with Gasteiger partial charge in [-0.3, -0.25) is 0 Å². The molecule has 2 rings (SSSR count). The third-order valence-electron chi connectivity index (χ3n) is 2.88. The predicted octanol–water partition coefficient (Wildman–Crippen LogP) is 3.44. The first-order valence-electron chi connectivity index (χ1n) is 4.80. The molecule has 0 heterocycles. The van der Waals surface area contributed by atoms with Gasteiger partial charge in [-0.1, -0.05) is 29.3 Å². The zero-order valence-corrected chi connectivity index (χ0v) is 9.52. The van der Waals surface area contributed by atoms with Crippen LogP contribution in [0.1, 0.15) is 24.8 Å². The standard InChI is InChI=1S/C11H13Cl2N/c1-6(14)9-5-10(9)8-3-2-7(12)4-11(8)13/h2-4,6,9-10H,5,14H2,1H3/t6-,9-,10-/m1/s1. The van der Waals surface area contributed by atoms with Gasteiger partial charge in [-0.05, 0) is 42.9 Å². The van der Waals surface area contributed by atoms with Crippen LogP contribution in [0.4, 0.5) is 0 Å². The minimum Gasteiger partial charge on any atom is -0.328 e. The lowest BCUT2D eigenvalue weighted by Gasteiger charge is -2.06. The molecule has 3 atom stereocenters. The lowest BCUT2D eigenvalue weighted by molar-refractivity contribution is 0.632. The molecule has 1 aromatic carbocycles. The number of nitrogens with two attached hydrogens (primary N) is 1. The molecule has 76 valence electrons. The smallest absolute Gasteiger partial charge is 0.0455 e. The van der Waals surface area contributed by atoms with Gasteiger partial charge in [0.25, 0.3) is 0 Å². The highest BCUT2D eigenvalue weighted by Gasteiger charge is 2.41. The first-order valence-corrected chi connectivity index (χ1v) is 5.55. The maximum absolute atomic E-state index is 6.11. The Morgan fingerprint density at radius 3 is 2.64 bits per heavy atom. The van der Waals surface area contributed by atoms with Crippen LogP contribution in [0.3, 0.4) is 0 Å². The Kier molecular flexibility index (Phi) is 2.74. The summed E-state index contributed by atoms with van der Waals surface area (Å²) in [6.07, 6.45) is 1.15. The molecular weight excluding hydrogens is 217 g/mol. The number of rotatable bonds is 2. The largest absolute Gasteiger partial charge is 0.328 e. The molecule has 0 unspecified atom stereocenters. The molecule has 1 aliphatic carbocycles. The minimum absolute atomic E-state index is 0.256. The van der Waals surface area contributed by atoms with Crippen molar-refractivity contribution in [3.8, 4) is 0 Å². The molecule has 2 N–H and O–H groups in total. The Balaban J connectivity index is 2.19. The molecule has 3 heteroatoms.